The Kier molecular flexibility index (Phi) is 1.66. The van der Waals surface area contributed by atoms with Gasteiger partial charge in [0.1, 0.15) is 0 Å². The van der Waals surface area contributed by atoms with Gasteiger partial charge in [-0.05, 0) is 19.9 Å². The van der Waals surface area contributed by atoms with Crippen LogP contribution in [-0.2, 0) is 0 Å². The molecule has 1 aliphatic heterocycles. The number of nitrogens with zero attached hydrogens (tertiary/aromatic N) is 1. The maximum atomic E-state index is 4.06. The molecule has 0 atom stereocenters. The third-order valence-corrected chi connectivity index (χ3v) is 1.37. The summed E-state index contributed by atoms with van der Waals surface area (Å²) < 4.78 is 0. The highest BCUT2D eigenvalue weighted by Gasteiger charge is 2.16. The zero-order valence-electron chi connectivity index (χ0n) is 6.60. The second-order valence-corrected chi connectivity index (χ2v) is 2.89. The maximum Gasteiger partial charge on any atom is 0.196 e. The second-order valence-electron chi connectivity index (χ2n) is 2.89. The van der Waals surface area contributed by atoms with Crippen LogP contribution in [0.4, 0.5) is 0 Å². The van der Waals surface area contributed by atoms with Gasteiger partial charge in [-0.3, -0.25) is 0 Å². The zero-order chi connectivity index (χ0) is 7.61. The van der Waals surface area contributed by atoms with Gasteiger partial charge in [0.05, 0.1) is 5.54 Å². The molecule has 0 radical (unpaired) electrons. The minimum atomic E-state index is 0.0279. The Balaban J connectivity index is 2.68. The summed E-state index contributed by atoms with van der Waals surface area (Å²) >= 11 is 0. The molecule has 2 N–H and O–H groups in total. The molecule has 56 valence electrons. The predicted molar refractivity (Wildman–Crippen MR) is 42.8 cm³/mol. The van der Waals surface area contributed by atoms with Crippen molar-refractivity contribution in [1.82, 2.24) is 10.6 Å². The molecule has 0 aromatic carbocycles. The molecule has 0 aliphatic carbocycles. The summed E-state index contributed by atoms with van der Waals surface area (Å²) in [5.41, 5.74) is 0.0279. The number of nitrogens with one attached hydrogen (secondary N) is 2. The zero-order valence-corrected chi connectivity index (χ0v) is 6.60. The van der Waals surface area contributed by atoms with Crippen molar-refractivity contribution in [2.24, 2.45) is 4.99 Å². The van der Waals surface area contributed by atoms with E-state index in [4.69, 9.17) is 0 Å². The van der Waals surface area contributed by atoms with Crippen LogP contribution in [-0.4, -0.2) is 18.5 Å². The predicted octanol–water partition coefficient (Wildman–Crippen LogP) is 0.457. The van der Waals surface area contributed by atoms with Crippen molar-refractivity contribution in [2.75, 3.05) is 7.05 Å². The van der Waals surface area contributed by atoms with Crippen molar-refractivity contribution in [3.05, 3.63) is 12.3 Å². The highest BCUT2D eigenvalue weighted by molar-refractivity contribution is 5.81. The second kappa shape index (κ2) is 2.33. The van der Waals surface area contributed by atoms with Gasteiger partial charge in [-0.25, -0.2) is 4.99 Å². The fraction of sp³-hybridized carbons (Fsp3) is 0.571. The summed E-state index contributed by atoms with van der Waals surface area (Å²) in [6.45, 7) is 4.19. The smallest absolute Gasteiger partial charge is 0.196 e. The van der Waals surface area contributed by atoms with E-state index in [0.717, 1.165) is 5.96 Å². The number of hydrogen-bond acceptors (Lipinski definition) is 3. The SMILES string of the molecule is CNC1=NC=CC(C)(C)N1. The summed E-state index contributed by atoms with van der Waals surface area (Å²) in [5.74, 6) is 0.826. The lowest BCUT2D eigenvalue weighted by Crippen LogP contribution is -2.48. The lowest BCUT2D eigenvalue weighted by molar-refractivity contribution is 0.558. The van der Waals surface area contributed by atoms with Gasteiger partial charge in [0.15, 0.2) is 5.96 Å². The molecule has 0 aromatic heterocycles. The Hall–Kier alpha value is -0.990. The van der Waals surface area contributed by atoms with E-state index in [-0.39, 0.29) is 5.54 Å². The molecule has 1 heterocycles. The first kappa shape index (κ1) is 7.12. The van der Waals surface area contributed by atoms with Gasteiger partial charge in [-0.2, -0.15) is 0 Å². The molecule has 0 saturated carbocycles. The molecule has 0 bridgehead atoms. The molecule has 0 amide bonds. The molecule has 0 unspecified atom stereocenters. The molecule has 10 heavy (non-hydrogen) atoms. The Morgan fingerprint density at radius 2 is 2.30 bits per heavy atom. The summed E-state index contributed by atoms with van der Waals surface area (Å²) in [6.07, 6.45) is 3.83. The highest BCUT2D eigenvalue weighted by atomic mass is 15.2. The normalized spacial score (nSPS) is 21.3. The summed E-state index contributed by atoms with van der Waals surface area (Å²) in [4.78, 5) is 4.06. The van der Waals surface area contributed by atoms with E-state index in [2.05, 4.69) is 29.5 Å². The van der Waals surface area contributed by atoms with E-state index < -0.39 is 0 Å². The van der Waals surface area contributed by atoms with E-state index in [1.165, 1.54) is 0 Å². The molecular weight excluding hydrogens is 126 g/mol. The molecule has 3 heteroatoms. The quantitative estimate of drug-likeness (QED) is 0.511. The summed E-state index contributed by atoms with van der Waals surface area (Å²) in [6, 6.07) is 0. The topological polar surface area (TPSA) is 36.4 Å². The van der Waals surface area contributed by atoms with Gasteiger partial charge in [0, 0.05) is 13.2 Å². The van der Waals surface area contributed by atoms with Crippen LogP contribution < -0.4 is 10.6 Å². The van der Waals surface area contributed by atoms with Crippen molar-refractivity contribution < 1.29 is 0 Å². The Morgan fingerprint density at radius 3 is 2.70 bits per heavy atom. The Labute approximate surface area is 61.2 Å². The minimum Gasteiger partial charge on any atom is -0.359 e. The first-order valence-electron chi connectivity index (χ1n) is 3.35. The van der Waals surface area contributed by atoms with Gasteiger partial charge >= 0.3 is 0 Å². The molecule has 0 fully saturated rings. The lowest BCUT2D eigenvalue weighted by Gasteiger charge is -2.26. The minimum absolute atomic E-state index is 0.0279. The largest absolute Gasteiger partial charge is 0.359 e. The Morgan fingerprint density at radius 1 is 1.60 bits per heavy atom. The number of guanidine groups is 1. The average molecular weight is 139 g/mol. The third-order valence-electron chi connectivity index (χ3n) is 1.37. The fourth-order valence-corrected chi connectivity index (χ4v) is 0.804. The molecule has 1 rings (SSSR count). The van der Waals surface area contributed by atoms with E-state index in [1.54, 1.807) is 0 Å². The molecule has 3 nitrogen and oxygen atoms in total. The van der Waals surface area contributed by atoms with Crippen LogP contribution in [0.2, 0.25) is 0 Å². The summed E-state index contributed by atoms with van der Waals surface area (Å²) in [7, 11) is 1.85. The molecule has 0 spiro atoms. The number of aliphatic imine (C=N–C) groups is 1. The molecule has 0 saturated heterocycles. The van der Waals surface area contributed by atoms with Gasteiger partial charge in [0.2, 0.25) is 0 Å². The van der Waals surface area contributed by atoms with Crippen LogP contribution in [0.25, 0.3) is 0 Å². The monoisotopic (exact) mass is 139 g/mol. The van der Waals surface area contributed by atoms with Crippen molar-refractivity contribution in [1.29, 1.82) is 0 Å². The molecule has 1 aliphatic rings. The third kappa shape index (κ3) is 1.50. The van der Waals surface area contributed by atoms with E-state index >= 15 is 0 Å². The standard InChI is InChI=1S/C7H13N3/c1-7(2)4-5-9-6(8-3)10-7/h4-5H,1-3H3,(H2,8,9,10). The maximum absolute atomic E-state index is 4.06. The van der Waals surface area contributed by atoms with Crippen LogP contribution in [0.3, 0.4) is 0 Å². The fourth-order valence-electron chi connectivity index (χ4n) is 0.804. The van der Waals surface area contributed by atoms with Crippen molar-refractivity contribution in [2.45, 2.75) is 19.4 Å². The lowest BCUT2D eigenvalue weighted by atomic mass is 10.1. The highest BCUT2D eigenvalue weighted by Crippen LogP contribution is 2.06. The first-order chi connectivity index (χ1) is 4.64. The van der Waals surface area contributed by atoms with E-state index in [9.17, 15) is 0 Å². The van der Waals surface area contributed by atoms with E-state index in [1.807, 2.05) is 19.3 Å². The van der Waals surface area contributed by atoms with Gasteiger partial charge < -0.3 is 10.6 Å². The summed E-state index contributed by atoms with van der Waals surface area (Å²) in [5, 5.41) is 6.14. The van der Waals surface area contributed by atoms with Crippen molar-refractivity contribution in [3.63, 3.8) is 0 Å². The van der Waals surface area contributed by atoms with Crippen LogP contribution in [0.5, 0.6) is 0 Å². The van der Waals surface area contributed by atoms with Crippen LogP contribution in [0, 0.1) is 0 Å². The van der Waals surface area contributed by atoms with Gasteiger partial charge in [-0.15, -0.1) is 0 Å². The van der Waals surface area contributed by atoms with Crippen molar-refractivity contribution in [3.8, 4) is 0 Å². The van der Waals surface area contributed by atoms with Crippen molar-refractivity contribution >= 4 is 5.96 Å². The Bertz CT molecular complexity index is 179. The van der Waals surface area contributed by atoms with Crippen LogP contribution in [0.15, 0.2) is 17.3 Å². The number of hydrogen-bond donors (Lipinski definition) is 2. The van der Waals surface area contributed by atoms with Gasteiger partial charge in [-0.1, -0.05) is 0 Å². The van der Waals surface area contributed by atoms with Crippen LogP contribution >= 0.6 is 0 Å². The van der Waals surface area contributed by atoms with Crippen LogP contribution in [0.1, 0.15) is 13.8 Å². The average Bonchev–Trinajstić information content (AvgIpc) is 1.86. The van der Waals surface area contributed by atoms with Gasteiger partial charge in [0.25, 0.3) is 0 Å². The molecular formula is C7H13N3. The number of rotatable bonds is 0. The first-order valence-corrected chi connectivity index (χ1v) is 3.35. The van der Waals surface area contributed by atoms with E-state index in [0.29, 0.717) is 0 Å². The molecule has 0 aromatic rings.